The molecule has 1 N–H and O–H groups in total. The molecule has 1 heterocycles. The van der Waals surface area contributed by atoms with Gasteiger partial charge in [0.15, 0.2) is 0 Å². The van der Waals surface area contributed by atoms with Gasteiger partial charge in [-0.2, -0.15) is 5.10 Å². The van der Waals surface area contributed by atoms with Crippen molar-refractivity contribution in [3.8, 4) is 0 Å². The van der Waals surface area contributed by atoms with E-state index in [1.54, 1.807) is 12.1 Å². The molecule has 0 aliphatic rings. The Hall–Kier alpha value is -3.48. The number of benzene rings is 2. The van der Waals surface area contributed by atoms with E-state index >= 15 is 0 Å². The smallest absolute Gasteiger partial charge is 0.270 e. The first-order valence-corrected chi connectivity index (χ1v) is 7.24. The summed E-state index contributed by atoms with van der Waals surface area (Å²) >= 11 is 0. The van der Waals surface area contributed by atoms with E-state index < -0.39 is 4.92 Å². The van der Waals surface area contributed by atoms with E-state index in [0.29, 0.717) is 5.56 Å². The van der Waals surface area contributed by atoms with E-state index in [0.717, 1.165) is 10.9 Å². The summed E-state index contributed by atoms with van der Waals surface area (Å²) in [7, 11) is 0. The fourth-order valence-corrected chi connectivity index (χ4v) is 2.37. The Bertz CT molecular complexity index is 930. The number of carbonyl (C=O) groups is 1. The van der Waals surface area contributed by atoms with E-state index in [4.69, 9.17) is 0 Å². The van der Waals surface area contributed by atoms with Crippen LogP contribution < -0.4 is 5.43 Å². The van der Waals surface area contributed by atoms with Gasteiger partial charge in [0, 0.05) is 29.4 Å². The summed E-state index contributed by atoms with van der Waals surface area (Å²) in [5.41, 5.74) is 3.90. The zero-order valence-electron chi connectivity index (χ0n) is 12.6. The average Bonchev–Trinajstić information content (AvgIpc) is 2.98. The lowest BCUT2D eigenvalue weighted by molar-refractivity contribution is -0.384. The van der Waals surface area contributed by atoms with Crippen LogP contribution in [0.4, 0.5) is 5.69 Å². The van der Waals surface area contributed by atoms with Crippen molar-refractivity contribution in [2.24, 2.45) is 5.10 Å². The summed E-state index contributed by atoms with van der Waals surface area (Å²) in [6, 6.07) is 15.7. The molecule has 2 aromatic carbocycles. The molecule has 0 saturated heterocycles. The highest BCUT2D eigenvalue weighted by Gasteiger charge is 2.06. The number of aromatic nitrogens is 1. The number of non-ortho nitro benzene ring substituents is 1. The molecule has 0 radical (unpaired) electrons. The Balaban J connectivity index is 1.63. The van der Waals surface area contributed by atoms with Crippen LogP contribution in [0, 0.1) is 10.1 Å². The number of amides is 1. The third kappa shape index (κ3) is 3.46. The van der Waals surface area contributed by atoms with Crippen molar-refractivity contribution in [1.82, 2.24) is 9.99 Å². The molecule has 3 aromatic rings. The van der Waals surface area contributed by atoms with Crippen LogP contribution in [0.25, 0.3) is 10.9 Å². The zero-order valence-corrected chi connectivity index (χ0v) is 12.6. The fraction of sp³-hybridized carbons (Fsp3) is 0.0588. The lowest BCUT2D eigenvalue weighted by atomic mass is 10.2. The van der Waals surface area contributed by atoms with E-state index in [9.17, 15) is 14.9 Å². The number of nitro benzene ring substituents is 1. The van der Waals surface area contributed by atoms with Crippen molar-refractivity contribution in [3.63, 3.8) is 0 Å². The molecule has 7 heteroatoms. The SMILES string of the molecule is O=C(Cn1ccc2ccccc21)N/N=C/c1cccc([N+](=O)[O-])c1. The highest BCUT2D eigenvalue weighted by atomic mass is 16.6. The largest absolute Gasteiger partial charge is 0.338 e. The normalized spacial score (nSPS) is 11.0. The maximum atomic E-state index is 12.0. The number of nitro groups is 1. The summed E-state index contributed by atoms with van der Waals surface area (Å²) in [5, 5.41) is 15.6. The van der Waals surface area contributed by atoms with E-state index in [1.807, 2.05) is 41.1 Å². The van der Waals surface area contributed by atoms with Crippen molar-refractivity contribution < 1.29 is 9.72 Å². The second-order valence-corrected chi connectivity index (χ2v) is 5.15. The van der Waals surface area contributed by atoms with Gasteiger partial charge in [-0.1, -0.05) is 30.3 Å². The predicted molar refractivity (Wildman–Crippen MR) is 90.8 cm³/mol. The maximum Gasteiger partial charge on any atom is 0.270 e. The van der Waals surface area contributed by atoms with Gasteiger partial charge in [0.1, 0.15) is 6.54 Å². The van der Waals surface area contributed by atoms with Gasteiger partial charge < -0.3 is 4.57 Å². The number of rotatable bonds is 5. The lowest BCUT2D eigenvalue weighted by Crippen LogP contribution is -2.22. The van der Waals surface area contributed by atoms with Gasteiger partial charge in [-0.15, -0.1) is 0 Å². The molecule has 0 atom stereocenters. The first kappa shape index (κ1) is 15.4. The summed E-state index contributed by atoms with van der Waals surface area (Å²) in [6.07, 6.45) is 3.22. The highest BCUT2D eigenvalue weighted by Crippen LogP contribution is 2.14. The van der Waals surface area contributed by atoms with Crippen LogP contribution in [0.2, 0.25) is 0 Å². The monoisotopic (exact) mass is 322 g/mol. The van der Waals surface area contributed by atoms with Crippen molar-refractivity contribution >= 4 is 28.7 Å². The van der Waals surface area contributed by atoms with Crippen LogP contribution in [0.15, 0.2) is 65.9 Å². The second-order valence-electron chi connectivity index (χ2n) is 5.15. The molecule has 7 nitrogen and oxygen atoms in total. The van der Waals surface area contributed by atoms with Crippen LogP contribution in [-0.2, 0) is 11.3 Å². The number of nitrogens with zero attached hydrogens (tertiary/aromatic N) is 3. The summed E-state index contributed by atoms with van der Waals surface area (Å²) in [4.78, 5) is 22.2. The van der Waals surface area contributed by atoms with Gasteiger partial charge in [0.05, 0.1) is 11.1 Å². The number of hydrogen-bond donors (Lipinski definition) is 1. The number of hydrazone groups is 1. The predicted octanol–water partition coefficient (Wildman–Crippen LogP) is 2.70. The highest BCUT2D eigenvalue weighted by molar-refractivity contribution is 5.85. The quantitative estimate of drug-likeness (QED) is 0.445. The minimum atomic E-state index is -0.479. The molecule has 0 bridgehead atoms. The number of nitrogens with one attached hydrogen (secondary N) is 1. The van der Waals surface area contributed by atoms with Gasteiger partial charge in [0.25, 0.3) is 11.6 Å². The second kappa shape index (κ2) is 6.74. The van der Waals surface area contributed by atoms with Crippen molar-refractivity contribution in [2.45, 2.75) is 6.54 Å². The standard InChI is InChI=1S/C17H14N4O3/c22-17(12-20-9-8-14-5-1-2-7-16(14)20)19-18-11-13-4-3-6-15(10-13)21(23)24/h1-11H,12H2,(H,19,22)/b18-11+. The van der Waals surface area contributed by atoms with Crippen LogP contribution in [0.1, 0.15) is 5.56 Å². The number of para-hydroxylation sites is 1. The van der Waals surface area contributed by atoms with Gasteiger partial charge in [0.2, 0.25) is 0 Å². The maximum absolute atomic E-state index is 12.0. The number of fused-ring (bicyclic) bond motifs is 1. The Morgan fingerprint density at radius 1 is 1.21 bits per heavy atom. The van der Waals surface area contributed by atoms with Crippen molar-refractivity contribution in [3.05, 3.63) is 76.5 Å². The Kier molecular flexibility index (Phi) is 4.33. The summed E-state index contributed by atoms with van der Waals surface area (Å²) in [5.74, 6) is -0.280. The van der Waals surface area contributed by atoms with Gasteiger partial charge in [-0.3, -0.25) is 14.9 Å². The Labute approximate surface area is 137 Å². The van der Waals surface area contributed by atoms with Gasteiger partial charge in [-0.05, 0) is 17.5 Å². The van der Waals surface area contributed by atoms with E-state index in [-0.39, 0.29) is 18.1 Å². The molecule has 0 aliphatic heterocycles. The molecule has 1 aromatic heterocycles. The van der Waals surface area contributed by atoms with Crippen molar-refractivity contribution in [1.29, 1.82) is 0 Å². The molecular formula is C17H14N4O3. The summed E-state index contributed by atoms with van der Waals surface area (Å²) < 4.78 is 1.83. The molecule has 0 aliphatic carbocycles. The van der Waals surface area contributed by atoms with Crippen LogP contribution >= 0.6 is 0 Å². The third-order valence-electron chi connectivity index (χ3n) is 3.48. The molecule has 0 spiro atoms. The fourth-order valence-electron chi connectivity index (χ4n) is 2.37. The first-order valence-electron chi connectivity index (χ1n) is 7.24. The average molecular weight is 322 g/mol. The molecule has 24 heavy (non-hydrogen) atoms. The molecule has 0 unspecified atom stereocenters. The molecule has 0 fully saturated rings. The van der Waals surface area contributed by atoms with E-state index in [2.05, 4.69) is 10.5 Å². The van der Waals surface area contributed by atoms with Gasteiger partial charge in [-0.25, -0.2) is 5.43 Å². The number of hydrogen-bond acceptors (Lipinski definition) is 4. The van der Waals surface area contributed by atoms with Crippen molar-refractivity contribution in [2.75, 3.05) is 0 Å². The third-order valence-corrected chi connectivity index (χ3v) is 3.48. The minimum Gasteiger partial charge on any atom is -0.338 e. The lowest BCUT2D eigenvalue weighted by Gasteiger charge is -2.04. The zero-order chi connectivity index (χ0) is 16.9. The number of carbonyl (C=O) groups excluding carboxylic acids is 1. The topological polar surface area (TPSA) is 89.5 Å². The Morgan fingerprint density at radius 3 is 2.88 bits per heavy atom. The molecular weight excluding hydrogens is 308 g/mol. The van der Waals surface area contributed by atoms with Crippen LogP contribution in [0.5, 0.6) is 0 Å². The molecule has 120 valence electrons. The summed E-state index contributed by atoms with van der Waals surface area (Å²) in [6.45, 7) is 0.139. The minimum absolute atomic E-state index is 0.0240. The molecule has 3 rings (SSSR count). The molecule has 1 amide bonds. The van der Waals surface area contributed by atoms with Crippen LogP contribution in [-0.4, -0.2) is 21.6 Å². The van der Waals surface area contributed by atoms with E-state index in [1.165, 1.54) is 18.3 Å². The van der Waals surface area contributed by atoms with Gasteiger partial charge >= 0.3 is 0 Å². The first-order chi connectivity index (χ1) is 11.6. The molecule has 0 saturated carbocycles. The van der Waals surface area contributed by atoms with Crippen LogP contribution in [0.3, 0.4) is 0 Å². The Morgan fingerprint density at radius 2 is 2.04 bits per heavy atom.